The topological polar surface area (TPSA) is 97.7 Å². The number of aryl methyl sites for hydroxylation is 1. The van der Waals surface area contributed by atoms with E-state index in [1.54, 1.807) is 11.0 Å². The minimum absolute atomic E-state index is 0.0125. The summed E-state index contributed by atoms with van der Waals surface area (Å²) in [6, 6.07) is 8.36. The third kappa shape index (κ3) is 4.65. The first-order valence-corrected chi connectivity index (χ1v) is 12.6. The molecule has 0 aliphatic carbocycles. The summed E-state index contributed by atoms with van der Waals surface area (Å²) in [6.45, 7) is 2.68. The summed E-state index contributed by atoms with van der Waals surface area (Å²) in [6.07, 6.45) is 0.216. The van der Waals surface area contributed by atoms with Crippen LogP contribution < -0.4 is 9.60 Å². The summed E-state index contributed by atoms with van der Waals surface area (Å²) >= 11 is 2.46. The van der Waals surface area contributed by atoms with Gasteiger partial charge in [-0.3, -0.25) is 14.2 Å². The second-order valence-corrected chi connectivity index (χ2v) is 10.6. The van der Waals surface area contributed by atoms with Crippen LogP contribution >= 0.6 is 22.7 Å². The number of benzene rings is 1. The Kier molecular flexibility index (Phi) is 6.34. The molecule has 0 radical (unpaired) electrons. The Hall–Kier alpha value is -2.05. The van der Waals surface area contributed by atoms with Gasteiger partial charge in [-0.05, 0) is 29.6 Å². The normalized spacial score (nSPS) is 15.0. The van der Waals surface area contributed by atoms with E-state index in [4.69, 9.17) is 4.74 Å². The van der Waals surface area contributed by atoms with Gasteiger partial charge in [0.25, 0.3) is 0 Å². The van der Waals surface area contributed by atoms with Crippen molar-refractivity contribution in [3.8, 4) is 0 Å². The fraction of sp³-hybridized carbons (Fsp3) is 0.368. The van der Waals surface area contributed by atoms with E-state index >= 15 is 0 Å². The second kappa shape index (κ2) is 8.98. The van der Waals surface area contributed by atoms with E-state index in [1.165, 1.54) is 28.0 Å². The van der Waals surface area contributed by atoms with Crippen molar-refractivity contribution in [2.75, 3.05) is 26.3 Å². The monoisotopic (exact) mass is 467 g/mol. The molecule has 1 aliphatic heterocycles. The highest BCUT2D eigenvalue weighted by atomic mass is 32.2. The maximum absolute atomic E-state index is 12.6. The Labute approximate surface area is 181 Å². The molecule has 1 aromatic carbocycles. The Balaban J connectivity index is 1.49. The summed E-state index contributed by atoms with van der Waals surface area (Å²) < 4.78 is 35.2. The average molecular weight is 468 g/mol. The molecular formula is C19H21N3O5S3. The highest BCUT2D eigenvalue weighted by Crippen LogP contribution is 2.22. The molecule has 3 heterocycles. The van der Waals surface area contributed by atoms with Crippen LogP contribution in [0.15, 0.2) is 45.4 Å². The number of hydrogen-bond acceptors (Lipinski definition) is 7. The third-order valence-corrected chi connectivity index (χ3v) is 8.10. The molecule has 30 heavy (non-hydrogen) atoms. The highest BCUT2D eigenvalue weighted by molar-refractivity contribution is 7.89. The van der Waals surface area contributed by atoms with Crippen molar-refractivity contribution in [3.05, 3.63) is 50.3 Å². The van der Waals surface area contributed by atoms with Crippen LogP contribution in [-0.4, -0.2) is 50.1 Å². The van der Waals surface area contributed by atoms with Crippen molar-refractivity contribution in [2.24, 2.45) is 0 Å². The smallest absolute Gasteiger partial charge is 0.308 e. The van der Waals surface area contributed by atoms with Crippen LogP contribution in [0.2, 0.25) is 0 Å². The highest BCUT2D eigenvalue weighted by Gasteiger charge is 2.19. The molecule has 1 saturated heterocycles. The predicted molar refractivity (Wildman–Crippen MR) is 116 cm³/mol. The lowest BCUT2D eigenvalue weighted by atomic mass is 10.3. The van der Waals surface area contributed by atoms with Crippen LogP contribution in [0.5, 0.6) is 0 Å². The van der Waals surface area contributed by atoms with Crippen LogP contribution in [0.3, 0.4) is 0 Å². The summed E-state index contributed by atoms with van der Waals surface area (Å²) in [5, 5.41) is 1.89. The fourth-order valence-corrected chi connectivity index (χ4v) is 6.07. The van der Waals surface area contributed by atoms with Gasteiger partial charge in [0.2, 0.25) is 15.9 Å². The van der Waals surface area contributed by atoms with Gasteiger partial charge in [0.05, 0.1) is 28.3 Å². The van der Waals surface area contributed by atoms with E-state index in [2.05, 4.69) is 4.72 Å². The molecule has 0 bridgehead atoms. The number of thiophene rings is 1. The number of ether oxygens (including phenoxy) is 1. The number of amides is 1. The zero-order chi connectivity index (χ0) is 21.1. The number of aromatic nitrogens is 1. The fourth-order valence-electron chi connectivity index (χ4n) is 3.27. The molecule has 160 valence electrons. The Bertz CT molecular complexity index is 1190. The lowest BCUT2D eigenvalue weighted by Crippen LogP contribution is -2.41. The molecular weight excluding hydrogens is 446 g/mol. The summed E-state index contributed by atoms with van der Waals surface area (Å²) in [4.78, 5) is 27.4. The largest absolute Gasteiger partial charge is 0.378 e. The molecule has 1 N–H and O–H groups in total. The number of carbonyl (C=O) groups is 1. The van der Waals surface area contributed by atoms with Gasteiger partial charge in [-0.25, -0.2) is 13.1 Å². The van der Waals surface area contributed by atoms with Gasteiger partial charge in [0.15, 0.2) is 0 Å². The lowest BCUT2D eigenvalue weighted by Gasteiger charge is -2.26. The molecule has 8 nitrogen and oxygen atoms in total. The van der Waals surface area contributed by atoms with Gasteiger partial charge in [0, 0.05) is 37.5 Å². The molecule has 1 aliphatic rings. The third-order valence-electron chi connectivity index (χ3n) is 4.88. The molecule has 0 spiro atoms. The van der Waals surface area contributed by atoms with Gasteiger partial charge in [-0.2, -0.15) is 0 Å². The zero-order valence-electron chi connectivity index (χ0n) is 16.1. The van der Waals surface area contributed by atoms with Crippen LogP contribution in [0.4, 0.5) is 0 Å². The minimum atomic E-state index is -3.69. The molecule has 0 saturated carbocycles. The number of morpholine rings is 1. The van der Waals surface area contributed by atoms with Crippen molar-refractivity contribution >= 4 is 48.8 Å². The molecule has 11 heteroatoms. The van der Waals surface area contributed by atoms with Gasteiger partial charge in [-0.15, -0.1) is 11.3 Å². The van der Waals surface area contributed by atoms with E-state index in [0.29, 0.717) is 36.5 Å². The number of hydrogen-bond donors (Lipinski definition) is 1. The van der Waals surface area contributed by atoms with Crippen LogP contribution in [0.25, 0.3) is 10.2 Å². The Morgan fingerprint density at radius 1 is 1.20 bits per heavy atom. The number of sulfonamides is 1. The van der Waals surface area contributed by atoms with Crippen molar-refractivity contribution in [1.82, 2.24) is 14.2 Å². The van der Waals surface area contributed by atoms with Crippen molar-refractivity contribution in [1.29, 1.82) is 0 Å². The van der Waals surface area contributed by atoms with Gasteiger partial charge >= 0.3 is 4.87 Å². The van der Waals surface area contributed by atoms with Crippen LogP contribution in [-0.2, 0) is 32.6 Å². The lowest BCUT2D eigenvalue weighted by molar-refractivity contribution is -0.135. The SMILES string of the molecule is O=C(CCn1c(=O)sc2cc(S(=O)(=O)NCc3cccs3)ccc21)N1CCOCC1. The minimum Gasteiger partial charge on any atom is -0.378 e. The molecule has 1 amide bonds. The molecule has 3 aromatic rings. The number of fused-ring (bicyclic) bond motifs is 1. The molecule has 4 rings (SSSR count). The first kappa shape index (κ1) is 21.2. The zero-order valence-corrected chi connectivity index (χ0v) is 18.5. The molecule has 0 atom stereocenters. The Morgan fingerprint density at radius 3 is 2.73 bits per heavy atom. The number of carbonyl (C=O) groups excluding carboxylic acids is 1. The van der Waals surface area contributed by atoms with E-state index in [0.717, 1.165) is 16.2 Å². The maximum atomic E-state index is 12.6. The van der Waals surface area contributed by atoms with E-state index in [-0.39, 0.29) is 35.2 Å². The summed E-state index contributed by atoms with van der Waals surface area (Å²) in [5.74, 6) is -0.0125. The first-order chi connectivity index (χ1) is 14.4. The molecule has 1 fully saturated rings. The second-order valence-electron chi connectivity index (χ2n) is 6.80. The number of nitrogens with zero attached hydrogens (tertiary/aromatic N) is 2. The van der Waals surface area contributed by atoms with Crippen LogP contribution in [0.1, 0.15) is 11.3 Å². The van der Waals surface area contributed by atoms with E-state index < -0.39 is 10.0 Å². The maximum Gasteiger partial charge on any atom is 0.308 e. The van der Waals surface area contributed by atoms with Gasteiger partial charge in [-0.1, -0.05) is 17.4 Å². The summed E-state index contributed by atoms with van der Waals surface area (Å²) in [7, 11) is -3.69. The van der Waals surface area contributed by atoms with Crippen molar-refractivity contribution < 1.29 is 17.9 Å². The van der Waals surface area contributed by atoms with E-state index in [9.17, 15) is 18.0 Å². The number of thiazole rings is 1. The van der Waals surface area contributed by atoms with Crippen LogP contribution in [0, 0.1) is 0 Å². The van der Waals surface area contributed by atoms with Crippen molar-refractivity contribution in [2.45, 2.75) is 24.4 Å². The number of rotatable bonds is 7. The quantitative estimate of drug-likeness (QED) is 0.572. The standard InChI is InChI=1S/C19H21N3O5S3/c23-18(21-7-9-27-10-8-21)5-6-22-16-4-3-15(12-17(16)29-19(22)24)30(25,26)20-13-14-2-1-11-28-14/h1-4,11-12,20H,5-10,13H2. The van der Waals surface area contributed by atoms with E-state index in [1.807, 2.05) is 17.5 Å². The number of nitrogens with one attached hydrogen (secondary N) is 1. The van der Waals surface area contributed by atoms with Crippen molar-refractivity contribution in [3.63, 3.8) is 0 Å². The molecule has 0 unspecified atom stereocenters. The first-order valence-electron chi connectivity index (χ1n) is 9.45. The average Bonchev–Trinajstić information content (AvgIpc) is 3.38. The molecule has 2 aromatic heterocycles. The van der Waals surface area contributed by atoms with Gasteiger partial charge < -0.3 is 9.64 Å². The Morgan fingerprint density at radius 2 is 2.00 bits per heavy atom. The predicted octanol–water partition coefficient (Wildman–Crippen LogP) is 1.85. The summed E-state index contributed by atoms with van der Waals surface area (Å²) in [5.41, 5.74) is 0.636. The van der Waals surface area contributed by atoms with Gasteiger partial charge in [0.1, 0.15) is 0 Å².